The zero-order valence-electron chi connectivity index (χ0n) is 10.1. The van der Waals surface area contributed by atoms with Gasteiger partial charge in [0.2, 0.25) is 5.82 Å². The highest BCUT2D eigenvalue weighted by Crippen LogP contribution is 2.25. The standard InChI is InChI=1S/C12H11F2NO4/c1-2-19-11(16)5-3-4-8-6-9(13)7-10(14)12(8)15(17)18/h3-4,6-7H,2,5H2,1H3. The second-order valence-electron chi connectivity index (χ2n) is 3.49. The summed E-state index contributed by atoms with van der Waals surface area (Å²) in [5.74, 6) is -2.72. The second kappa shape index (κ2) is 6.58. The average molecular weight is 271 g/mol. The molecule has 0 saturated heterocycles. The van der Waals surface area contributed by atoms with E-state index in [0.717, 1.165) is 12.1 Å². The smallest absolute Gasteiger partial charge is 0.312 e. The van der Waals surface area contributed by atoms with E-state index in [1.54, 1.807) is 6.92 Å². The molecular formula is C12H11F2NO4. The number of benzene rings is 1. The number of carbonyl (C=O) groups is 1. The fraction of sp³-hybridized carbons (Fsp3) is 0.250. The lowest BCUT2D eigenvalue weighted by Crippen LogP contribution is -2.01. The molecule has 0 atom stereocenters. The molecule has 0 unspecified atom stereocenters. The van der Waals surface area contributed by atoms with Gasteiger partial charge in [-0.25, -0.2) is 4.39 Å². The first-order valence-corrected chi connectivity index (χ1v) is 5.41. The van der Waals surface area contributed by atoms with E-state index in [1.165, 1.54) is 6.08 Å². The van der Waals surface area contributed by atoms with Gasteiger partial charge >= 0.3 is 11.7 Å². The quantitative estimate of drug-likeness (QED) is 0.469. The molecule has 0 amide bonds. The summed E-state index contributed by atoms with van der Waals surface area (Å²) in [6, 6.07) is 1.25. The van der Waals surface area contributed by atoms with Gasteiger partial charge in [0.1, 0.15) is 5.82 Å². The Hall–Kier alpha value is -2.31. The van der Waals surface area contributed by atoms with Crippen molar-refractivity contribution in [1.29, 1.82) is 0 Å². The topological polar surface area (TPSA) is 69.4 Å². The van der Waals surface area contributed by atoms with Crippen molar-refractivity contribution in [3.05, 3.63) is 45.5 Å². The van der Waals surface area contributed by atoms with Gasteiger partial charge in [0.25, 0.3) is 0 Å². The van der Waals surface area contributed by atoms with Crippen molar-refractivity contribution in [2.45, 2.75) is 13.3 Å². The molecule has 0 bridgehead atoms. The maximum absolute atomic E-state index is 13.3. The van der Waals surface area contributed by atoms with Crippen LogP contribution < -0.4 is 0 Å². The van der Waals surface area contributed by atoms with Crippen LogP contribution in [0.4, 0.5) is 14.5 Å². The predicted molar refractivity (Wildman–Crippen MR) is 63.3 cm³/mol. The number of rotatable bonds is 5. The summed E-state index contributed by atoms with van der Waals surface area (Å²) in [6.45, 7) is 1.84. The number of nitro groups is 1. The van der Waals surface area contributed by atoms with Crippen molar-refractivity contribution < 1.29 is 23.2 Å². The summed E-state index contributed by atoms with van der Waals surface area (Å²) < 4.78 is 30.9. The fourth-order valence-corrected chi connectivity index (χ4v) is 1.41. The van der Waals surface area contributed by atoms with Crippen LogP contribution in [-0.2, 0) is 9.53 Å². The van der Waals surface area contributed by atoms with Gasteiger partial charge in [-0.3, -0.25) is 14.9 Å². The SMILES string of the molecule is CCOC(=O)CC=Cc1cc(F)cc(F)c1[N+](=O)[O-]. The summed E-state index contributed by atoms with van der Waals surface area (Å²) >= 11 is 0. The van der Waals surface area contributed by atoms with Gasteiger partial charge in [0.05, 0.1) is 23.5 Å². The predicted octanol–water partition coefficient (Wildman–Crippen LogP) is 2.84. The molecule has 0 aromatic heterocycles. The lowest BCUT2D eigenvalue weighted by atomic mass is 10.1. The van der Waals surface area contributed by atoms with E-state index in [0.29, 0.717) is 6.07 Å². The van der Waals surface area contributed by atoms with E-state index < -0.39 is 28.2 Å². The molecule has 7 heteroatoms. The minimum atomic E-state index is -1.26. The zero-order chi connectivity index (χ0) is 14.4. The van der Waals surface area contributed by atoms with Gasteiger partial charge < -0.3 is 4.74 Å². The molecule has 0 saturated carbocycles. The highest BCUT2D eigenvalue weighted by Gasteiger charge is 2.20. The Balaban J connectivity index is 2.97. The molecule has 1 rings (SSSR count). The number of nitrogens with zero attached hydrogens (tertiary/aromatic N) is 1. The molecule has 0 N–H and O–H groups in total. The Morgan fingerprint density at radius 3 is 2.74 bits per heavy atom. The van der Waals surface area contributed by atoms with Crippen LogP contribution in [0.15, 0.2) is 18.2 Å². The third kappa shape index (κ3) is 4.13. The molecule has 5 nitrogen and oxygen atoms in total. The minimum absolute atomic E-state index is 0.136. The van der Waals surface area contributed by atoms with E-state index in [-0.39, 0.29) is 18.6 Å². The summed E-state index contributed by atoms with van der Waals surface area (Å²) in [4.78, 5) is 20.8. The Morgan fingerprint density at radius 2 is 2.16 bits per heavy atom. The lowest BCUT2D eigenvalue weighted by Gasteiger charge is -2.00. The van der Waals surface area contributed by atoms with E-state index in [9.17, 15) is 23.7 Å². The third-order valence-electron chi connectivity index (χ3n) is 2.13. The van der Waals surface area contributed by atoms with Crippen LogP contribution in [0.3, 0.4) is 0 Å². The van der Waals surface area contributed by atoms with Crippen molar-refractivity contribution in [2.24, 2.45) is 0 Å². The van der Waals surface area contributed by atoms with Gasteiger partial charge in [0.15, 0.2) is 0 Å². The molecular weight excluding hydrogens is 260 g/mol. The zero-order valence-corrected chi connectivity index (χ0v) is 10.1. The van der Waals surface area contributed by atoms with Crippen molar-refractivity contribution in [3.63, 3.8) is 0 Å². The molecule has 0 fully saturated rings. The van der Waals surface area contributed by atoms with Gasteiger partial charge in [-0.15, -0.1) is 0 Å². The number of hydrogen-bond acceptors (Lipinski definition) is 4. The highest BCUT2D eigenvalue weighted by molar-refractivity contribution is 5.73. The number of hydrogen-bond donors (Lipinski definition) is 0. The van der Waals surface area contributed by atoms with Gasteiger partial charge in [-0.2, -0.15) is 4.39 Å². The highest BCUT2D eigenvalue weighted by atomic mass is 19.1. The Morgan fingerprint density at radius 1 is 1.47 bits per heavy atom. The third-order valence-corrected chi connectivity index (χ3v) is 2.13. The van der Waals surface area contributed by atoms with Gasteiger partial charge in [-0.1, -0.05) is 12.2 Å². The van der Waals surface area contributed by atoms with Crippen LogP contribution in [0.25, 0.3) is 6.08 Å². The molecule has 0 aliphatic heterocycles. The summed E-state index contributed by atoms with van der Waals surface area (Å²) in [6.07, 6.45) is 2.23. The van der Waals surface area contributed by atoms with E-state index in [2.05, 4.69) is 4.74 Å². The van der Waals surface area contributed by atoms with Crippen LogP contribution in [0.1, 0.15) is 18.9 Å². The van der Waals surface area contributed by atoms with E-state index >= 15 is 0 Å². The molecule has 19 heavy (non-hydrogen) atoms. The first kappa shape index (κ1) is 14.7. The van der Waals surface area contributed by atoms with Crippen LogP contribution in [0, 0.1) is 21.7 Å². The maximum atomic E-state index is 13.3. The molecule has 1 aromatic rings. The van der Waals surface area contributed by atoms with Crippen LogP contribution in [0.2, 0.25) is 0 Å². The largest absolute Gasteiger partial charge is 0.466 e. The summed E-state index contributed by atoms with van der Waals surface area (Å²) in [7, 11) is 0. The minimum Gasteiger partial charge on any atom is -0.466 e. The molecule has 102 valence electrons. The van der Waals surface area contributed by atoms with E-state index in [4.69, 9.17) is 0 Å². The first-order chi connectivity index (χ1) is 8.95. The number of halogens is 2. The molecule has 0 aliphatic carbocycles. The molecule has 1 aromatic carbocycles. The second-order valence-corrected chi connectivity index (χ2v) is 3.49. The van der Waals surface area contributed by atoms with Crippen LogP contribution >= 0.6 is 0 Å². The average Bonchev–Trinajstić information content (AvgIpc) is 2.27. The number of esters is 1. The van der Waals surface area contributed by atoms with Crippen molar-refractivity contribution in [3.8, 4) is 0 Å². The molecule has 0 radical (unpaired) electrons. The number of carbonyl (C=O) groups excluding carboxylic acids is 1. The Labute approximate surface area is 107 Å². The van der Waals surface area contributed by atoms with E-state index in [1.807, 2.05) is 0 Å². The van der Waals surface area contributed by atoms with Crippen LogP contribution in [-0.4, -0.2) is 17.5 Å². The van der Waals surface area contributed by atoms with Gasteiger partial charge in [-0.05, 0) is 13.0 Å². The fourth-order valence-electron chi connectivity index (χ4n) is 1.41. The normalized spacial score (nSPS) is 10.7. The lowest BCUT2D eigenvalue weighted by molar-refractivity contribution is -0.387. The van der Waals surface area contributed by atoms with Gasteiger partial charge in [0, 0.05) is 6.07 Å². The molecule has 0 heterocycles. The molecule has 0 aliphatic rings. The maximum Gasteiger partial charge on any atom is 0.312 e. The van der Waals surface area contributed by atoms with Crippen molar-refractivity contribution >= 4 is 17.7 Å². The van der Waals surface area contributed by atoms with Crippen molar-refractivity contribution in [2.75, 3.05) is 6.61 Å². The number of ether oxygens (including phenoxy) is 1. The Bertz CT molecular complexity index is 529. The van der Waals surface area contributed by atoms with Crippen molar-refractivity contribution in [1.82, 2.24) is 0 Å². The summed E-state index contributed by atoms with van der Waals surface area (Å²) in [5, 5.41) is 10.7. The summed E-state index contributed by atoms with van der Waals surface area (Å²) in [5.41, 5.74) is -1.08. The first-order valence-electron chi connectivity index (χ1n) is 5.41. The molecule has 0 spiro atoms. The van der Waals surface area contributed by atoms with Crippen LogP contribution in [0.5, 0.6) is 0 Å². The monoisotopic (exact) mass is 271 g/mol. The Kier molecular flexibility index (Phi) is 5.11. The number of nitro benzene ring substituents is 1.